The maximum absolute atomic E-state index is 12.4. The van der Waals surface area contributed by atoms with E-state index in [1.807, 2.05) is 13.0 Å². The lowest BCUT2D eigenvalue weighted by molar-refractivity contribution is -0.115. The van der Waals surface area contributed by atoms with Crippen LogP contribution < -0.4 is 10.0 Å². The molecule has 7 heteroatoms. The Kier molecular flexibility index (Phi) is 5.58. The Labute approximate surface area is 147 Å². The van der Waals surface area contributed by atoms with Crippen molar-refractivity contribution in [2.75, 3.05) is 5.32 Å². The van der Waals surface area contributed by atoms with Crippen LogP contribution in [0.15, 0.2) is 47.4 Å². The van der Waals surface area contributed by atoms with E-state index in [4.69, 9.17) is 0 Å². The summed E-state index contributed by atoms with van der Waals surface area (Å²) < 4.78 is 26.8. The molecule has 132 valence electrons. The second-order valence-corrected chi connectivity index (χ2v) is 7.36. The zero-order valence-electron chi connectivity index (χ0n) is 14.3. The van der Waals surface area contributed by atoms with Crippen molar-refractivity contribution in [3.8, 4) is 0 Å². The number of amides is 2. The number of sulfonamides is 1. The quantitative estimate of drug-likeness (QED) is 0.857. The van der Waals surface area contributed by atoms with E-state index in [9.17, 15) is 18.0 Å². The molecule has 0 aromatic heterocycles. The van der Waals surface area contributed by atoms with Gasteiger partial charge in [-0.3, -0.25) is 9.59 Å². The fourth-order valence-corrected chi connectivity index (χ4v) is 3.15. The van der Waals surface area contributed by atoms with E-state index in [0.29, 0.717) is 23.2 Å². The number of carbonyl (C=O) groups excluding carboxylic acids is 2. The molecular formula is C18H20N2O4S. The number of anilines is 1. The number of nitrogens with one attached hydrogen (secondary N) is 2. The number of hydrogen-bond acceptors (Lipinski definition) is 4. The van der Waals surface area contributed by atoms with Crippen LogP contribution in [0.4, 0.5) is 5.69 Å². The van der Waals surface area contributed by atoms with Crippen molar-refractivity contribution in [1.29, 1.82) is 0 Å². The molecule has 0 unspecified atom stereocenters. The fourth-order valence-electron chi connectivity index (χ4n) is 2.18. The lowest BCUT2D eigenvalue weighted by Crippen LogP contribution is -2.31. The van der Waals surface area contributed by atoms with Crippen LogP contribution in [0.1, 0.15) is 34.8 Å². The number of rotatable bonds is 5. The minimum atomic E-state index is -4.00. The second kappa shape index (κ2) is 7.48. The van der Waals surface area contributed by atoms with E-state index in [0.717, 1.165) is 5.56 Å². The number of carbonyl (C=O) groups is 2. The molecule has 2 N–H and O–H groups in total. The van der Waals surface area contributed by atoms with Crippen LogP contribution in [0, 0.1) is 13.8 Å². The zero-order chi connectivity index (χ0) is 18.6. The van der Waals surface area contributed by atoms with Gasteiger partial charge in [-0.2, -0.15) is 0 Å². The standard InChI is InChI=1S/C18H20N2O4S/c1-4-17(21)19-14-7-9-15(10-8-14)25(23,24)20-18(22)16-11-12(2)5-6-13(16)3/h5-11H,4H2,1-3H3,(H,19,21)(H,20,22). The summed E-state index contributed by atoms with van der Waals surface area (Å²) in [4.78, 5) is 23.6. The van der Waals surface area contributed by atoms with Gasteiger partial charge >= 0.3 is 0 Å². The maximum atomic E-state index is 12.4. The molecule has 0 spiro atoms. The highest BCUT2D eigenvalue weighted by atomic mass is 32.2. The molecule has 2 aromatic rings. The first-order valence-electron chi connectivity index (χ1n) is 7.77. The van der Waals surface area contributed by atoms with Gasteiger partial charge in [0.1, 0.15) is 0 Å². The third-order valence-electron chi connectivity index (χ3n) is 3.63. The normalized spacial score (nSPS) is 11.0. The second-order valence-electron chi connectivity index (χ2n) is 5.68. The molecular weight excluding hydrogens is 340 g/mol. The fraction of sp³-hybridized carbons (Fsp3) is 0.222. The molecule has 0 atom stereocenters. The molecule has 0 heterocycles. The van der Waals surface area contributed by atoms with Crippen LogP contribution in [-0.2, 0) is 14.8 Å². The molecule has 0 fully saturated rings. The van der Waals surface area contributed by atoms with Gasteiger partial charge in [-0.05, 0) is 49.7 Å². The first-order chi connectivity index (χ1) is 11.7. The minimum absolute atomic E-state index is 0.0550. The Balaban J connectivity index is 2.19. The van der Waals surface area contributed by atoms with Crippen molar-refractivity contribution in [1.82, 2.24) is 4.72 Å². The summed E-state index contributed by atoms with van der Waals surface area (Å²) in [7, 11) is -4.00. The van der Waals surface area contributed by atoms with Crippen molar-refractivity contribution in [3.63, 3.8) is 0 Å². The van der Waals surface area contributed by atoms with Gasteiger partial charge in [0.2, 0.25) is 5.91 Å². The van der Waals surface area contributed by atoms with Gasteiger partial charge in [0.25, 0.3) is 15.9 Å². The molecule has 0 aliphatic rings. The molecule has 2 amide bonds. The van der Waals surface area contributed by atoms with E-state index in [-0.39, 0.29) is 10.8 Å². The molecule has 25 heavy (non-hydrogen) atoms. The third-order valence-corrected chi connectivity index (χ3v) is 4.98. The van der Waals surface area contributed by atoms with Gasteiger partial charge in [-0.15, -0.1) is 0 Å². The third kappa shape index (κ3) is 4.67. The summed E-state index contributed by atoms with van der Waals surface area (Å²) in [5, 5.41) is 2.63. The molecule has 2 rings (SSSR count). The summed E-state index contributed by atoms with van der Waals surface area (Å²) in [6.07, 6.45) is 0.325. The van der Waals surface area contributed by atoms with Crippen LogP contribution in [0.5, 0.6) is 0 Å². The van der Waals surface area contributed by atoms with Gasteiger partial charge in [0.05, 0.1) is 4.90 Å². The Hall–Kier alpha value is -2.67. The Bertz CT molecular complexity index is 903. The van der Waals surface area contributed by atoms with Crippen LogP contribution in [0.25, 0.3) is 0 Å². The van der Waals surface area contributed by atoms with E-state index in [2.05, 4.69) is 10.0 Å². The first kappa shape index (κ1) is 18.7. The first-order valence-corrected chi connectivity index (χ1v) is 9.25. The van der Waals surface area contributed by atoms with E-state index in [1.165, 1.54) is 24.3 Å². The predicted octanol–water partition coefficient (Wildman–Crippen LogP) is 2.77. The molecule has 0 radical (unpaired) electrons. The largest absolute Gasteiger partial charge is 0.326 e. The highest BCUT2D eigenvalue weighted by molar-refractivity contribution is 7.90. The molecule has 0 bridgehead atoms. The van der Waals surface area contributed by atoms with Crippen molar-refractivity contribution in [3.05, 3.63) is 59.2 Å². The summed E-state index contributed by atoms with van der Waals surface area (Å²) in [5.41, 5.74) is 2.36. The number of aryl methyl sites for hydroxylation is 2. The topological polar surface area (TPSA) is 92.3 Å². The van der Waals surface area contributed by atoms with Gasteiger partial charge < -0.3 is 5.32 Å². The van der Waals surface area contributed by atoms with Crippen molar-refractivity contribution >= 4 is 27.5 Å². The smallest absolute Gasteiger partial charge is 0.265 e. The summed E-state index contributed by atoms with van der Waals surface area (Å²) >= 11 is 0. The van der Waals surface area contributed by atoms with Crippen LogP contribution in [0.3, 0.4) is 0 Å². The van der Waals surface area contributed by atoms with Gasteiger partial charge in [-0.25, -0.2) is 13.1 Å². The average molecular weight is 360 g/mol. The van der Waals surface area contributed by atoms with Crippen LogP contribution in [-0.4, -0.2) is 20.2 Å². The molecule has 2 aromatic carbocycles. The van der Waals surface area contributed by atoms with Crippen molar-refractivity contribution in [2.45, 2.75) is 32.1 Å². The Morgan fingerprint density at radius 3 is 2.24 bits per heavy atom. The molecule has 6 nitrogen and oxygen atoms in total. The minimum Gasteiger partial charge on any atom is -0.326 e. The highest BCUT2D eigenvalue weighted by Crippen LogP contribution is 2.16. The van der Waals surface area contributed by atoms with Crippen LogP contribution >= 0.6 is 0 Å². The lowest BCUT2D eigenvalue weighted by atomic mass is 10.1. The number of hydrogen-bond donors (Lipinski definition) is 2. The highest BCUT2D eigenvalue weighted by Gasteiger charge is 2.20. The predicted molar refractivity (Wildman–Crippen MR) is 95.9 cm³/mol. The SMILES string of the molecule is CCC(=O)Nc1ccc(S(=O)(=O)NC(=O)c2cc(C)ccc2C)cc1. The monoisotopic (exact) mass is 360 g/mol. The summed E-state index contributed by atoms with van der Waals surface area (Å²) in [6.45, 7) is 5.29. The number of benzene rings is 2. The molecule has 0 saturated carbocycles. The average Bonchev–Trinajstić information content (AvgIpc) is 2.57. The van der Waals surface area contributed by atoms with E-state index < -0.39 is 15.9 Å². The van der Waals surface area contributed by atoms with Crippen molar-refractivity contribution in [2.24, 2.45) is 0 Å². The van der Waals surface area contributed by atoms with Gasteiger partial charge in [-0.1, -0.05) is 24.6 Å². The van der Waals surface area contributed by atoms with Gasteiger partial charge in [0.15, 0.2) is 0 Å². The summed E-state index contributed by atoms with van der Waals surface area (Å²) in [5.74, 6) is -0.844. The van der Waals surface area contributed by atoms with E-state index in [1.54, 1.807) is 26.0 Å². The molecule has 0 aliphatic heterocycles. The molecule has 0 aliphatic carbocycles. The lowest BCUT2D eigenvalue weighted by Gasteiger charge is -2.10. The summed E-state index contributed by atoms with van der Waals surface area (Å²) in [6, 6.07) is 10.9. The Morgan fingerprint density at radius 2 is 1.64 bits per heavy atom. The van der Waals surface area contributed by atoms with Gasteiger partial charge in [0, 0.05) is 17.7 Å². The maximum Gasteiger partial charge on any atom is 0.265 e. The van der Waals surface area contributed by atoms with Crippen molar-refractivity contribution < 1.29 is 18.0 Å². The van der Waals surface area contributed by atoms with Crippen LogP contribution in [0.2, 0.25) is 0 Å². The molecule has 0 saturated heterocycles. The Morgan fingerprint density at radius 1 is 1.00 bits per heavy atom. The van der Waals surface area contributed by atoms with E-state index >= 15 is 0 Å². The zero-order valence-corrected chi connectivity index (χ0v) is 15.1.